The zero-order chi connectivity index (χ0) is 11.4. The van der Waals surface area contributed by atoms with Crippen LogP contribution in [0.2, 0.25) is 5.02 Å². The minimum Gasteiger partial charge on any atom is -0.308 e. The number of hydrogen-bond donors (Lipinski definition) is 1. The highest BCUT2D eigenvalue weighted by molar-refractivity contribution is 7.07. The lowest BCUT2D eigenvalue weighted by atomic mass is 10.2. The van der Waals surface area contributed by atoms with Crippen LogP contribution in [0, 0.1) is 5.82 Å². The van der Waals surface area contributed by atoms with E-state index < -0.39 is 0 Å². The van der Waals surface area contributed by atoms with Crippen molar-refractivity contribution in [3.63, 3.8) is 0 Å². The molecule has 84 valence electrons. The van der Waals surface area contributed by atoms with E-state index in [9.17, 15) is 4.39 Å². The number of halogens is 2. The molecule has 1 aromatic carbocycles. The molecule has 1 heterocycles. The van der Waals surface area contributed by atoms with E-state index in [0.717, 1.165) is 6.54 Å². The summed E-state index contributed by atoms with van der Waals surface area (Å²) in [7, 11) is 0. The fourth-order valence-corrected chi connectivity index (χ4v) is 2.23. The van der Waals surface area contributed by atoms with E-state index in [1.807, 2.05) is 5.38 Å². The quantitative estimate of drug-likeness (QED) is 0.876. The summed E-state index contributed by atoms with van der Waals surface area (Å²) in [6.07, 6.45) is 0. The zero-order valence-electron chi connectivity index (χ0n) is 8.54. The first-order valence-electron chi connectivity index (χ1n) is 4.91. The molecule has 0 amide bonds. The smallest absolute Gasteiger partial charge is 0.129 e. The molecule has 0 atom stereocenters. The van der Waals surface area contributed by atoms with E-state index in [-0.39, 0.29) is 5.82 Å². The summed E-state index contributed by atoms with van der Waals surface area (Å²) in [5.74, 6) is -0.259. The van der Waals surface area contributed by atoms with Crippen molar-refractivity contribution in [3.8, 4) is 0 Å². The molecule has 1 nitrogen and oxygen atoms in total. The second-order valence-electron chi connectivity index (χ2n) is 3.47. The van der Waals surface area contributed by atoms with Crippen LogP contribution in [0.1, 0.15) is 11.1 Å². The number of hydrogen-bond acceptors (Lipinski definition) is 2. The molecule has 0 saturated heterocycles. The zero-order valence-corrected chi connectivity index (χ0v) is 10.1. The van der Waals surface area contributed by atoms with Gasteiger partial charge in [0.05, 0.1) is 0 Å². The van der Waals surface area contributed by atoms with Crippen molar-refractivity contribution in [1.82, 2.24) is 5.32 Å². The lowest BCUT2D eigenvalue weighted by Crippen LogP contribution is -2.13. The van der Waals surface area contributed by atoms with Crippen LogP contribution >= 0.6 is 22.9 Å². The van der Waals surface area contributed by atoms with Gasteiger partial charge in [0.15, 0.2) is 0 Å². The van der Waals surface area contributed by atoms with E-state index in [1.54, 1.807) is 23.5 Å². The third-order valence-corrected chi connectivity index (χ3v) is 3.21. The summed E-state index contributed by atoms with van der Waals surface area (Å²) in [5.41, 5.74) is 1.86. The predicted molar refractivity (Wildman–Crippen MR) is 66.3 cm³/mol. The SMILES string of the molecule is Fc1cc(Cl)ccc1CNCc1ccsc1. The average molecular weight is 256 g/mol. The Kier molecular flexibility index (Phi) is 3.93. The molecule has 2 rings (SSSR count). The highest BCUT2D eigenvalue weighted by Gasteiger charge is 2.02. The third-order valence-electron chi connectivity index (χ3n) is 2.24. The van der Waals surface area contributed by atoms with Gasteiger partial charge in [-0.15, -0.1) is 0 Å². The number of nitrogens with one attached hydrogen (secondary N) is 1. The van der Waals surface area contributed by atoms with Crippen LogP contribution in [-0.4, -0.2) is 0 Å². The Morgan fingerprint density at radius 1 is 1.25 bits per heavy atom. The summed E-state index contributed by atoms with van der Waals surface area (Å²) in [4.78, 5) is 0. The highest BCUT2D eigenvalue weighted by Crippen LogP contribution is 2.14. The van der Waals surface area contributed by atoms with Crippen LogP contribution in [0.5, 0.6) is 0 Å². The minimum absolute atomic E-state index is 0.259. The summed E-state index contributed by atoms with van der Waals surface area (Å²) in [6.45, 7) is 1.27. The number of thiophene rings is 1. The number of benzene rings is 1. The lowest BCUT2D eigenvalue weighted by Gasteiger charge is -2.05. The van der Waals surface area contributed by atoms with Gasteiger partial charge in [-0.25, -0.2) is 4.39 Å². The maximum absolute atomic E-state index is 13.4. The van der Waals surface area contributed by atoms with Gasteiger partial charge < -0.3 is 5.32 Å². The second kappa shape index (κ2) is 5.43. The molecule has 1 aromatic heterocycles. The molecule has 16 heavy (non-hydrogen) atoms. The van der Waals surface area contributed by atoms with Gasteiger partial charge >= 0.3 is 0 Å². The van der Waals surface area contributed by atoms with Crippen molar-refractivity contribution >= 4 is 22.9 Å². The van der Waals surface area contributed by atoms with Crippen molar-refractivity contribution in [3.05, 3.63) is 57.0 Å². The fourth-order valence-electron chi connectivity index (χ4n) is 1.40. The van der Waals surface area contributed by atoms with Crippen LogP contribution in [-0.2, 0) is 13.1 Å². The van der Waals surface area contributed by atoms with Gasteiger partial charge in [0.1, 0.15) is 5.82 Å². The molecule has 4 heteroatoms. The van der Waals surface area contributed by atoms with Crippen LogP contribution in [0.25, 0.3) is 0 Å². The summed E-state index contributed by atoms with van der Waals surface area (Å²) in [6, 6.07) is 6.80. The monoisotopic (exact) mass is 255 g/mol. The van der Waals surface area contributed by atoms with Gasteiger partial charge in [-0.2, -0.15) is 11.3 Å². The Morgan fingerprint density at radius 2 is 2.12 bits per heavy atom. The van der Waals surface area contributed by atoms with Crippen LogP contribution in [0.3, 0.4) is 0 Å². The van der Waals surface area contributed by atoms with Crippen molar-refractivity contribution in [2.24, 2.45) is 0 Å². The Labute approximate surface area is 103 Å². The molecule has 0 aliphatic heterocycles. The molecule has 0 aliphatic carbocycles. The number of rotatable bonds is 4. The summed E-state index contributed by atoms with van der Waals surface area (Å²) < 4.78 is 13.4. The van der Waals surface area contributed by atoms with Gasteiger partial charge in [-0.1, -0.05) is 17.7 Å². The van der Waals surface area contributed by atoms with Crippen LogP contribution < -0.4 is 5.32 Å². The molecule has 0 saturated carbocycles. The maximum Gasteiger partial charge on any atom is 0.129 e. The Bertz CT molecular complexity index is 456. The van der Waals surface area contributed by atoms with E-state index >= 15 is 0 Å². The minimum atomic E-state index is -0.259. The largest absolute Gasteiger partial charge is 0.308 e. The average Bonchev–Trinajstić information content (AvgIpc) is 2.74. The van der Waals surface area contributed by atoms with Gasteiger partial charge in [-0.3, -0.25) is 0 Å². The molecule has 0 radical (unpaired) electrons. The molecule has 1 N–H and O–H groups in total. The van der Waals surface area contributed by atoms with Crippen molar-refractivity contribution in [2.45, 2.75) is 13.1 Å². The Morgan fingerprint density at radius 3 is 2.81 bits per heavy atom. The van der Waals surface area contributed by atoms with Gasteiger partial charge in [-0.05, 0) is 34.5 Å². The maximum atomic E-state index is 13.4. The Hall–Kier alpha value is -0.900. The topological polar surface area (TPSA) is 12.0 Å². The Balaban J connectivity index is 1.90. The molecule has 2 aromatic rings. The first-order chi connectivity index (χ1) is 7.75. The molecule has 0 bridgehead atoms. The molecule has 0 spiro atoms. The predicted octanol–water partition coefficient (Wildman–Crippen LogP) is 3.83. The van der Waals surface area contributed by atoms with E-state index in [0.29, 0.717) is 17.1 Å². The molecule has 0 unspecified atom stereocenters. The van der Waals surface area contributed by atoms with Crippen molar-refractivity contribution in [1.29, 1.82) is 0 Å². The van der Waals surface area contributed by atoms with Crippen molar-refractivity contribution in [2.75, 3.05) is 0 Å². The molecular formula is C12H11ClFNS. The normalized spacial score (nSPS) is 10.6. The lowest BCUT2D eigenvalue weighted by molar-refractivity contribution is 0.588. The summed E-state index contributed by atoms with van der Waals surface area (Å²) >= 11 is 7.33. The second-order valence-corrected chi connectivity index (χ2v) is 4.69. The van der Waals surface area contributed by atoms with E-state index in [4.69, 9.17) is 11.6 Å². The highest BCUT2D eigenvalue weighted by atomic mass is 35.5. The standard InChI is InChI=1S/C12H11ClFNS/c13-11-2-1-10(12(14)5-11)7-15-6-9-3-4-16-8-9/h1-5,8,15H,6-7H2. The fraction of sp³-hybridized carbons (Fsp3) is 0.167. The van der Waals surface area contributed by atoms with Gasteiger partial charge in [0, 0.05) is 23.7 Å². The van der Waals surface area contributed by atoms with Crippen molar-refractivity contribution < 1.29 is 4.39 Å². The van der Waals surface area contributed by atoms with E-state index in [2.05, 4.69) is 16.8 Å². The first-order valence-corrected chi connectivity index (χ1v) is 6.23. The molecular weight excluding hydrogens is 245 g/mol. The molecule has 0 fully saturated rings. The first kappa shape index (κ1) is 11.6. The van der Waals surface area contributed by atoms with Crippen LogP contribution in [0.15, 0.2) is 35.0 Å². The van der Waals surface area contributed by atoms with E-state index in [1.165, 1.54) is 11.6 Å². The summed E-state index contributed by atoms with van der Waals surface area (Å²) in [5, 5.41) is 7.72. The third kappa shape index (κ3) is 3.04. The van der Waals surface area contributed by atoms with Gasteiger partial charge in [0.2, 0.25) is 0 Å². The van der Waals surface area contributed by atoms with Crippen LogP contribution in [0.4, 0.5) is 4.39 Å². The van der Waals surface area contributed by atoms with Gasteiger partial charge in [0.25, 0.3) is 0 Å². The molecule has 0 aliphatic rings.